The summed E-state index contributed by atoms with van der Waals surface area (Å²) in [6.07, 6.45) is 3.02. The van der Waals surface area contributed by atoms with Gasteiger partial charge in [0.05, 0.1) is 23.8 Å². The van der Waals surface area contributed by atoms with E-state index in [0.29, 0.717) is 24.8 Å². The zero-order valence-corrected chi connectivity index (χ0v) is 13.2. The van der Waals surface area contributed by atoms with Gasteiger partial charge in [0.2, 0.25) is 0 Å². The molecule has 118 valence electrons. The van der Waals surface area contributed by atoms with Gasteiger partial charge in [-0.15, -0.1) is 0 Å². The van der Waals surface area contributed by atoms with E-state index in [0.717, 1.165) is 25.9 Å². The van der Waals surface area contributed by atoms with Gasteiger partial charge in [0.15, 0.2) is 0 Å². The van der Waals surface area contributed by atoms with Crippen molar-refractivity contribution < 1.29 is 9.84 Å². The van der Waals surface area contributed by atoms with Crippen molar-refractivity contribution in [2.45, 2.75) is 44.4 Å². The van der Waals surface area contributed by atoms with Crippen LogP contribution in [-0.2, 0) is 11.3 Å². The summed E-state index contributed by atoms with van der Waals surface area (Å²) in [5.74, 6) is 0.183. The van der Waals surface area contributed by atoms with Crippen LogP contribution in [0.2, 0.25) is 0 Å². The predicted molar refractivity (Wildman–Crippen MR) is 84.1 cm³/mol. The van der Waals surface area contributed by atoms with Gasteiger partial charge in [-0.3, -0.25) is 4.90 Å². The minimum absolute atomic E-state index is 0.183. The number of nitriles is 1. The molecule has 2 aliphatic heterocycles. The molecule has 2 heterocycles. The molecule has 1 N–H and O–H groups in total. The maximum atomic E-state index is 10.7. The third kappa shape index (κ3) is 3.17. The fourth-order valence-corrected chi connectivity index (χ4v) is 3.80. The van der Waals surface area contributed by atoms with Crippen molar-refractivity contribution in [3.05, 3.63) is 35.4 Å². The standard InChI is InChI=1S/C18H24N2O2/c1-18(21)8-10-22-13-16(18)17-3-2-9-20(17)12-15-6-4-14(11-19)5-7-15/h4-7,16-17,21H,2-3,8-10,12-13H2,1H3/t16-,17+,18-/m0/s1. The van der Waals surface area contributed by atoms with Crippen molar-refractivity contribution in [1.82, 2.24) is 4.90 Å². The first kappa shape index (κ1) is 15.5. The number of aliphatic hydroxyl groups is 1. The summed E-state index contributed by atoms with van der Waals surface area (Å²) >= 11 is 0. The quantitative estimate of drug-likeness (QED) is 0.930. The Morgan fingerprint density at radius 3 is 2.86 bits per heavy atom. The van der Waals surface area contributed by atoms with E-state index in [1.807, 2.05) is 31.2 Å². The van der Waals surface area contributed by atoms with Crippen LogP contribution in [0, 0.1) is 17.2 Å². The highest BCUT2D eigenvalue weighted by Crippen LogP contribution is 2.36. The molecule has 0 spiro atoms. The lowest BCUT2D eigenvalue weighted by atomic mass is 9.79. The Labute approximate surface area is 132 Å². The van der Waals surface area contributed by atoms with E-state index in [9.17, 15) is 5.11 Å². The van der Waals surface area contributed by atoms with Crippen molar-refractivity contribution in [2.75, 3.05) is 19.8 Å². The highest BCUT2D eigenvalue weighted by molar-refractivity contribution is 5.31. The van der Waals surface area contributed by atoms with Crippen LogP contribution in [0.4, 0.5) is 0 Å². The molecule has 0 saturated carbocycles. The average molecular weight is 300 g/mol. The van der Waals surface area contributed by atoms with Crippen molar-refractivity contribution in [3.63, 3.8) is 0 Å². The van der Waals surface area contributed by atoms with Gasteiger partial charge in [0.1, 0.15) is 0 Å². The minimum atomic E-state index is -0.629. The molecule has 0 aromatic heterocycles. The van der Waals surface area contributed by atoms with Crippen LogP contribution in [0.5, 0.6) is 0 Å². The van der Waals surface area contributed by atoms with Crippen LogP contribution in [0.25, 0.3) is 0 Å². The molecule has 3 rings (SSSR count). The van der Waals surface area contributed by atoms with E-state index < -0.39 is 5.60 Å². The molecule has 2 aliphatic rings. The SMILES string of the molecule is C[C@]1(O)CCOC[C@H]1[C@H]1CCCN1Cc1ccc(C#N)cc1. The van der Waals surface area contributed by atoms with E-state index in [1.54, 1.807) is 0 Å². The second-order valence-electron chi connectivity index (χ2n) is 6.78. The Balaban J connectivity index is 1.71. The van der Waals surface area contributed by atoms with Crippen molar-refractivity contribution in [3.8, 4) is 6.07 Å². The lowest BCUT2D eigenvalue weighted by molar-refractivity contribution is -0.123. The van der Waals surface area contributed by atoms with Crippen molar-refractivity contribution in [1.29, 1.82) is 5.26 Å². The van der Waals surface area contributed by atoms with Gasteiger partial charge in [-0.2, -0.15) is 5.26 Å². The Morgan fingerprint density at radius 1 is 1.41 bits per heavy atom. The summed E-state index contributed by atoms with van der Waals surface area (Å²) in [4.78, 5) is 2.47. The molecule has 1 aromatic rings. The minimum Gasteiger partial charge on any atom is -0.390 e. The summed E-state index contributed by atoms with van der Waals surface area (Å²) in [5, 5.41) is 19.6. The fourth-order valence-electron chi connectivity index (χ4n) is 3.80. The number of likely N-dealkylation sites (tertiary alicyclic amines) is 1. The molecular weight excluding hydrogens is 276 g/mol. The Bertz CT molecular complexity index is 547. The molecule has 1 aromatic carbocycles. The van der Waals surface area contributed by atoms with Gasteiger partial charge in [0.25, 0.3) is 0 Å². The third-order valence-corrected chi connectivity index (χ3v) is 5.20. The van der Waals surface area contributed by atoms with Gasteiger partial charge in [0, 0.05) is 25.1 Å². The van der Waals surface area contributed by atoms with Gasteiger partial charge in [-0.25, -0.2) is 0 Å². The van der Waals surface area contributed by atoms with Gasteiger partial charge >= 0.3 is 0 Å². The van der Waals surface area contributed by atoms with E-state index in [-0.39, 0.29) is 5.92 Å². The molecule has 0 radical (unpaired) electrons. The first-order valence-electron chi connectivity index (χ1n) is 8.13. The predicted octanol–water partition coefficient (Wildman–Crippen LogP) is 2.31. The van der Waals surface area contributed by atoms with Crippen LogP contribution in [0.3, 0.4) is 0 Å². The molecule has 22 heavy (non-hydrogen) atoms. The molecule has 4 nitrogen and oxygen atoms in total. The first-order chi connectivity index (χ1) is 10.6. The van der Waals surface area contributed by atoms with E-state index >= 15 is 0 Å². The second kappa shape index (κ2) is 6.37. The monoisotopic (exact) mass is 300 g/mol. The summed E-state index contributed by atoms with van der Waals surface area (Å²) in [7, 11) is 0. The number of ether oxygens (including phenoxy) is 1. The molecule has 0 amide bonds. The van der Waals surface area contributed by atoms with Crippen LogP contribution in [-0.4, -0.2) is 41.4 Å². The Hall–Kier alpha value is -1.41. The smallest absolute Gasteiger partial charge is 0.0991 e. The summed E-state index contributed by atoms with van der Waals surface area (Å²) < 4.78 is 5.64. The maximum Gasteiger partial charge on any atom is 0.0991 e. The second-order valence-corrected chi connectivity index (χ2v) is 6.78. The van der Waals surface area contributed by atoms with E-state index in [4.69, 9.17) is 10.00 Å². The summed E-state index contributed by atoms with van der Waals surface area (Å²) in [6.45, 7) is 5.21. The molecule has 0 bridgehead atoms. The first-order valence-corrected chi connectivity index (χ1v) is 8.13. The van der Waals surface area contributed by atoms with Crippen LogP contribution >= 0.6 is 0 Å². The van der Waals surface area contributed by atoms with Gasteiger partial charge in [-0.05, 0) is 50.4 Å². The van der Waals surface area contributed by atoms with Crippen molar-refractivity contribution in [2.24, 2.45) is 5.92 Å². The zero-order valence-electron chi connectivity index (χ0n) is 13.2. The van der Waals surface area contributed by atoms with E-state index in [2.05, 4.69) is 11.0 Å². The normalized spacial score (nSPS) is 32.8. The molecule has 4 heteroatoms. The van der Waals surface area contributed by atoms with E-state index in [1.165, 1.54) is 12.0 Å². The zero-order chi connectivity index (χ0) is 15.6. The molecule has 2 fully saturated rings. The average Bonchev–Trinajstić information content (AvgIpc) is 2.95. The summed E-state index contributed by atoms with van der Waals surface area (Å²) in [6, 6.07) is 10.3. The lowest BCUT2D eigenvalue weighted by Gasteiger charge is -2.43. The third-order valence-electron chi connectivity index (χ3n) is 5.20. The maximum absolute atomic E-state index is 10.7. The Kier molecular flexibility index (Phi) is 4.49. The molecule has 0 unspecified atom stereocenters. The molecular formula is C18H24N2O2. The summed E-state index contributed by atoms with van der Waals surface area (Å²) in [5.41, 5.74) is 1.29. The van der Waals surface area contributed by atoms with Gasteiger partial charge in [-0.1, -0.05) is 12.1 Å². The number of rotatable bonds is 3. The number of hydrogen-bond acceptors (Lipinski definition) is 4. The molecule has 2 saturated heterocycles. The largest absolute Gasteiger partial charge is 0.390 e. The molecule has 0 aliphatic carbocycles. The Morgan fingerprint density at radius 2 is 2.18 bits per heavy atom. The highest BCUT2D eigenvalue weighted by atomic mass is 16.5. The number of benzene rings is 1. The van der Waals surface area contributed by atoms with Crippen LogP contribution < -0.4 is 0 Å². The number of nitrogens with zero attached hydrogens (tertiary/aromatic N) is 2. The highest BCUT2D eigenvalue weighted by Gasteiger charge is 2.43. The van der Waals surface area contributed by atoms with Crippen LogP contribution in [0.15, 0.2) is 24.3 Å². The fraction of sp³-hybridized carbons (Fsp3) is 0.611. The molecule has 3 atom stereocenters. The lowest BCUT2D eigenvalue weighted by Crippen LogP contribution is -2.52. The van der Waals surface area contributed by atoms with Gasteiger partial charge < -0.3 is 9.84 Å². The van der Waals surface area contributed by atoms with Crippen molar-refractivity contribution >= 4 is 0 Å². The van der Waals surface area contributed by atoms with Crippen LogP contribution in [0.1, 0.15) is 37.3 Å². The topological polar surface area (TPSA) is 56.5 Å². The number of hydrogen-bond donors (Lipinski definition) is 1.